The van der Waals surface area contributed by atoms with Crippen LogP contribution in [0.1, 0.15) is 65.6 Å². The van der Waals surface area contributed by atoms with E-state index in [1.807, 2.05) is 6.07 Å². The highest BCUT2D eigenvalue weighted by molar-refractivity contribution is 5.84. The molecule has 228 valence electrons. The molecule has 6 aromatic carbocycles. The molecule has 0 amide bonds. The Kier molecular flexibility index (Phi) is 9.76. The lowest BCUT2D eigenvalue weighted by molar-refractivity contribution is 0.622. The summed E-state index contributed by atoms with van der Waals surface area (Å²) in [5, 5.41) is 2.34. The fraction of sp³-hybridized carbons (Fsp3) is 0.200. The molecule has 0 unspecified atom stereocenters. The van der Waals surface area contributed by atoms with E-state index in [1.54, 1.807) is 6.07 Å². The van der Waals surface area contributed by atoms with Crippen LogP contribution in [0.5, 0.6) is 0 Å². The van der Waals surface area contributed by atoms with Crippen molar-refractivity contribution in [3.8, 4) is 34.1 Å². The van der Waals surface area contributed by atoms with Crippen LogP contribution in [0.2, 0.25) is 0 Å². The summed E-state index contributed by atoms with van der Waals surface area (Å²) in [6, 6.07) is 42.8. The van der Waals surface area contributed by atoms with Crippen LogP contribution < -0.4 is 0 Å². The second kappa shape index (κ2) is 14.4. The Hall–Kier alpha value is -4.93. The van der Waals surface area contributed by atoms with Crippen molar-refractivity contribution in [1.82, 2.24) is 0 Å². The summed E-state index contributed by atoms with van der Waals surface area (Å²) in [4.78, 5) is 0. The maximum atomic E-state index is 15.4. The average Bonchev–Trinajstić information content (AvgIpc) is 3.09. The first-order valence-electron chi connectivity index (χ1n) is 16.6. The third-order valence-electron chi connectivity index (χ3n) is 8.94. The minimum absolute atomic E-state index is 0.257. The molecule has 6 rings (SSSR count). The Balaban J connectivity index is 1.13. The highest BCUT2D eigenvalue weighted by Gasteiger charge is 2.10. The first kappa shape index (κ1) is 31.1. The topological polar surface area (TPSA) is 0 Å². The lowest BCUT2D eigenvalue weighted by atomic mass is 9.96. The third kappa shape index (κ3) is 7.47. The van der Waals surface area contributed by atoms with Crippen LogP contribution in [-0.4, -0.2) is 0 Å². The molecule has 0 aromatic heterocycles. The van der Waals surface area contributed by atoms with Gasteiger partial charge in [0.1, 0.15) is 5.82 Å². The van der Waals surface area contributed by atoms with Crippen LogP contribution in [-0.2, 0) is 25.7 Å². The number of unbranched alkanes of at least 4 members (excludes halogenated alkanes) is 1. The van der Waals surface area contributed by atoms with Gasteiger partial charge in [-0.15, -0.1) is 0 Å². The van der Waals surface area contributed by atoms with Crippen LogP contribution in [0.15, 0.2) is 121 Å². The summed E-state index contributed by atoms with van der Waals surface area (Å²) in [6.07, 6.45) is 6.16. The van der Waals surface area contributed by atoms with E-state index >= 15 is 4.39 Å². The van der Waals surface area contributed by atoms with Crippen molar-refractivity contribution in [2.24, 2.45) is 0 Å². The number of benzene rings is 6. The Labute approximate surface area is 274 Å². The predicted octanol–water partition coefficient (Wildman–Crippen LogP) is 11.7. The van der Waals surface area contributed by atoms with Crippen molar-refractivity contribution in [1.29, 1.82) is 0 Å². The number of hydrogen-bond donors (Lipinski definition) is 0. The van der Waals surface area contributed by atoms with E-state index in [0.29, 0.717) is 5.56 Å². The molecule has 46 heavy (non-hydrogen) atoms. The molecule has 0 saturated heterocycles. The highest BCUT2D eigenvalue weighted by atomic mass is 19.1. The first-order chi connectivity index (χ1) is 22.5. The largest absolute Gasteiger partial charge is 0.206 e. The van der Waals surface area contributed by atoms with E-state index in [2.05, 4.69) is 142 Å². The van der Waals surface area contributed by atoms with E-state index < -0.39 is 0 Å². The van der Waals surface area contributed by atoms with Gasteiger partial charge in [0.05, 0.1) is 5.56 Å². The molecule has 0 aliphatic carbocycles. The molecule has 0 radical (unpaired) electrons. The van der Waals surface area contributed by atoms with Crippen LogP contribution in [0.25, 0.3) is 33.0 Å². The minimum atomic E-state index is -0.257. The Morgan fingerprint density at radius 3 is 1.76 bits per heavy atom. The Morgan fingerprint density at radius 1 is 0.522 bits per heavy atom. The highest BCUT2D eigenvalue weighted by Crippen LogP contribution is 2.27. The van der Waals surface area contributed by atoms with Crippen LogP contribution in [0.3, 0.4) is 0 Å². The normalized spacial score (nSPS) is 11.0. The SMILES string of the molecule is CCCCc1ccc(-c2cc(F)c(C#Cc3ccc4cc(CCc5ccc(-c6ccc(C)cc6)cc5)ccc4c3)c(CC)c2)cc1. The number of fused-ring (bicyclic) bond motifs is 1. The molecule has 0 N–H and O–H groups in total. The molecule has 0 nitrogen and oxygen atoms in total. The number of halogens is 1. The monoisotopic (exact) mass is 600 g/mol. The summed E-state index contributed by atoms with van der Waals surface area (Å²) in [6.45, 7) is 6.39. The molecule has 0 saturated carbocycles. The van der Waals surface area contributed by atoms with Gasteiger partial charge in [-0.3, -0.25) is 0 Å². The molecule has 0 fully saturated rings. The van der Waals surface area contributed by atoms with Gasteiger partial charge in [-0.1, -0.05) is 135 Å². The maximum absolute atomic E-state index is 15.4. The van der Waals surface area contributed by atoms with Gasteiger partial charge in [-0.2, -0.15) is 0 Å². The van der Waals surface area contributed by atoms with Crippen LogP contribution in [0.4, 0.5) is 4.39 Å². The Morgan fingerprint density at radius 2 is 1.09 bits per heavy atom. The standard InChI is InChI=1S/C45H41F/c1-4-6-7-33-12-23-40(24-13-33)43-30-37(5-2)44(45(46)31-43)27-18-36-17-26-41-28-35(16-25-42(41)29-36)11-10-34-14-21-39(22-15-34)38-19-8-32(3)9-20-38/h8-9,12-17,19-26,28-31H,4-7,10-11H2,1-3H3. The van der Waals surface area contributed by atoms with Gasteiger partial charge in [0.2, 0.25) is 0 Å². The van der Waals surface area contributed by atoms with Crippen molar-refractivity contribution in [2.45, 2.75) is 59.3 Å². The molecule has 0 aliphatic heterocycles. The van der Waals surface area contributed by atoms with Crippen molar-refractivity contribution in [3.05, 3.63) is 166 Å². The zero-order chi connectivity index (χ0) is 31.9. The second-order valence-electron chi connectivity index (χ2n) is 12.4. The van der Waals surface area contributed by atoms with Gasteiger partial charge in [0, 0.05) is 5.56 Å². The van der Waals surface area contributed by atoms with Gasteiger partial charge >= 0.3 is 0 Å². The van der Waals surface area contributed by atoms with Crippen LogP contribution in [0, 0.1) is 24.6 Å². The lowest BCUT2D eigenvalue weighted by Crippen LogP contribution is -1.95. The van der Waals surface area contributed by atoms with E-state index in [-0.39, 0.29) is 5.82 Å². The predicted molar refractivity (Wildman–Crippen MR) is 194 cm³/mol. The summed E-state index contributed by atoms with van der Waals surface area (Å²) in [5.74, 6) is 6.15. The minimum Gasteiger partial charge on any atom is -0.206 e. The van der Waals surface area contributed by atoms with E-state index in [0.717, 1.165) is 53.3 Å². The van der Waals surface area contributed by atoms with Gasteiger partial charge in [-0.05, 0) is 119 Å². The molecular formula is C45H41F. The molecule has 0 heterocycles. The summed E-state index contributed by atoms with van der Waals surface area (Å²) >= 11 is 0. The molecule has 0 spiro atoms. The first-order valence-corrected chi connectivity index (χ1v) is 16.6. The summed E-state index contributed by atoms with van der Waals surface area (Å²) in [7, 11) is 0. The van der Waals surface area contributed by atoms with Crippen molar-refractivity contribution >= 4 is 10.8 Å². The average molecular weight is 601 g/mol. The van der Waals surface area contributed by atoms with Gasteiger partial charge in [0.25, 0.3) is 0 Å². The Bertz CT molecular complexity index is 2000. The quantitative estimate of drug-likeness (QED) is 0.145. The van der Waals surface area contributed by atoms with Crippen molar-refractivity contribution in [2.75, 3.05) is 0 Å². The zero-order valence-corrected chi connectivity index (χ0v) is 27.2. The summed E-state index contributed by atoms with van der Waals surface area (Å²) < 4.78 is 15.4. The van der Waals surface area contributed by atoms with Gasteiger partial charge < -0.3 is 0 Å². The van der Waals surface area contributed by atoms with Crippen LogP contribution >= 0.6 is 0 Å². The van der Waals surface area contributed by atoms with Crippen molar-refractivity contribution < 1.29 is 4.39 Å². The fourth-order valence-electron chi connectivity index (χ4n) is 6.06. The maximum Gasteiger partial charge on any atom is 0.139 e. The van der Waals surface area contributed by atoms with Gasteiger partial charge in [0.15, 0.2) is 0 Å². The van der Waals surface area contributed by atoms with Gasteiger partial charge in [-0.25, -0.2) is 4.39 Å². The van der Waals surface area contributed by atoms with E-state index in [9.17, 15) is 0 Å². The smallest absolute Gasteiger partial charge is 0.139 e. The third-order valence-corrected chi connectivity index (χ3v) is 8.94. The second-order valence-corrected chi connectivity index (χ2v) is 12.4. The zero-order valence-electron chi connectivity index (χ0n) is 27.2. The molecule has 6 aromatic rings. The number of rotatable bonds is 9. The molecular weight excluding hydrogens is 559 g/mol. The van der Waals surface area contributed by atoms with E-state index in [4.69, 9.17) is 0 Å². The molecule has 0 atom stereocenters. The van der Waals surface area contributed by atoms with E-state index in [1.165, 1.54) is 51.6 Å². The molecule has 0 bridgehead atoms. The summed E-state index contributed by atoms with van der Waals surface area (Å²) in [5.41, 5.74) is 12.0. The fourth-order valence-corrected chi connectivity index (χ4v) is 6.06. The van der Waals surface area contributed by atoms with Crippen molar-refractivity contribution in [3.63, 3.8) is 0 Å². The number of hydrogen-bond acceptors (Lipinski definition) is 0. The molecule has 0 aliphatic rings. The molecule has 1 heteroatoms. The lowest BCUT2D eigenvalue weighted by Gasteiger charge is -2.09. The number of aryl methyl sites for hydroxylation is 5.